The Morgan fingerprint density at radius 3 is 2.67 bits per heavy atom. The zero-order valence-corrected chi connectivity index (χ0v) is 15.4. The molecule has 1 saturated heterocycles. The first-order chi connectivity index (χ1) is 13.1. The monoisotopic (exact) mass is 361 g/mol. The Morgan fingerprint density at radius 2 is 1.85 bits per heavy atom. The lowest BCUT2D eigenvalue weighted by molar-refractivity contribution is 0.100. The largest absolute Gasteiger partial charge is 0.369 e. The highest BCUT2D eigenvalue weighted by molar-refractivity contribution is 6.06. The molecule has 27 heavy (non-hydrogen) atoms. The minimum atomic E-state index is -0.418. The highest BCUT2D eigenvalue weighted by Gasteiger charge is 2.19. The van der Waals surface area contributed by atoms with E-state index in [0.717, 1.165) is 49.3 Å². The molecule has 6 nitrogen and oxygen atoms in total. The highest BCUT2D eigenvalue weighted by atomic mass is 16.1. The number of hydrogen-bond donors (Lipinski definition) is 1. The Hall–Kier alpha value is -3.15. The van der Waals surface area contributed by atoms with Gasteiger partial charge in [0.15, 0.2) is 0 Å². The molecule has 138 valence electrons. The molecule has 3 aromatic rings. The van der Waals surface area contributed by atoms with E-state index < -0.39 is 5.91 Å². The van der Waals surface area contributed by atoms with Crippen LogP contribution in [0.25, 0.3) is 10.9 Å². The number of carbonyl (C=O) groups is 1. The van der Waals surface area contributed by atoms with E-state index in [-0.39, 0.29) is 0 Å². The van der Waals surface area contributed by atoms with Crippen LogP contribution in [0.1, 0.15) is 22.3 Å². The van der Waals surface area contributed by atoms with E-state index in [1.165, 1.54) is 11.3 Å². The predicted octanol–water partition coefficient (Wildman–Crippen LogP) is 2.75. The van der Waals surface area contributed by atoms with E-state index >= 15 is 0 Å². The van der Waals surface area contributed by atoms with Crippen molar-refractivity contribution in [1.82, 2.24) is 9.97 Å². The summed E-state index contributed by atoms with van der Waals surface area (Å²) >= 11 is 0. The molecule has 1 fully saturated rings. The molecular weight excluding hydrogens is 338 g/mol. The molecule has 4 rings (SSSR count). The molecule has 2 aromatic heterocycles. The van der Waals surface area contributed by atoms with Gasteiger partial charge in [0.05, 0.1) is 11.1 Å². The van der Waals surface area contributed by atoms with Gasteiger partial charge in [0.1, 0.15) is 5.82 Å². The number of anilines is 2. The van der Waals surface area contributed by atoms with Gasteiger partial charge in [0, 0.05) is 49.6 Å². The van der Waals surface area contributed by atoms with Crippen molar-refractivity contribution in [3.05, 3.63) is 59.9 Å². The Labute approximate surface area is 158 Å². The second-order valence-electron chi connectivity index (χ2n) is 6.90. The Morgan fingerprint density at radius 1 is 1.07 bits per heavy atom. The number of aryl methyl sites for hydroxylation is 1. The molecule has 6 heteroatoms. The summed E-state index contributed by atoms with van der Waals surface area (Å²) in [6, 6.07) is 11.6. The van der Waals surface area contributed by atoms with Gasteiger partial charge in [0.2, 0.25) is 5.91 Å². The number of nitrogens with two attached hydrogens (primary N) is 1. The van der Waals surface area contributed by atoms with Crippen LogP contribution in [0.15, 0.2) is 48.8 Å². The van der Waals surface area contributed by atoms with Crippen molar-refractivity contribution in [2.45, 2.75) is 13.3 Å². The molecular formula is C21H23N5O. The molecule has 0 saturated carbocycles. The van der Waals surface area contributed by atoms with Crippen LogP contribution in [0.5, 0.6) is 0 Å². The number of carbonyl (C=O) groups excluding carboxylic acids is 1. The summed E-state index contributed by atoms with van der Waals surface area (Å²) in [6.45, 7) is 5.70. The van der Waals surface area contributed by atoms with E-state index in [9.17, 15) is 4.79 Å². The second kappa shape index (κ2) is 7.23. The van der Waals surface area contributed by atoms with E-state index in [1.54, 1.807) is 0 Å². The van der Waals surface area contributed by atoms with Crippen molar-refractivity contribution in [2.75, 3.05) is 36.0 Å². The van der Waals surface area contributed by atoms with Crippen LogP contribution >= 0.6 is 0 Å². The molecule has 2 N–H and O–H groups in total. The van der Waals surface area contributed by atoms with Crippen LogP contribution in [0.4, 0.5) is 11.5 Å². The minimum absolute atomic E-state index is 0.418. The first-order valence-electron chi connectivity index (χ1n) is 9.23. The Kier molecular flexibility index (Phi) is 4.62. The third-order valence-electron chi connectivity index (χ3n) is 5.12. The molecule has 0 atom stereocenters. The number of rotatable bonds is 3. The average Bonchev–Trinajstić information content (AvgIpc) is 2.93. The maximum atomic E-state index is 12.0. The molecule has 0 aliphatic carbocycles. The standard InChI is InChI=1S/C21H23N5O/c1-15-14-23-8-7-19(15)25-9-4-10-26(12-11-25)20-13-17(21(22)27)16-5-2-3-6-18(16)24-20/h2-3,5-8,13-14H,4,9-12H2,1H3,(H2,22,27). The summed E-state index contributed by atoms with van der Waals surface area (Å²) in [4.78, 5) is 25.6. The van der Waals surface area contributed by atoms with Crippen molar-refractivity contribution in [2.24, 2.45) is 5.73 Å². The first kappa shape index (κ1) is 17.3. The summed E-state index contributed by atoms with van der Waals surface area (Å²) in [6.07, 6.45) is 4.76. The van der Waals surface area contributed by atoms with Gasteiger partial charge in [-0.3, -0.25) is 9.78 Å². The highest BCUT2D eigenvalue weighted by Crippen LogP contribution is 2.25. The number of pyridine rings is 2. The summed E-state index contributed by atoms with van der Waals surface area (Å²) in [5.74, 6) is 0.398. The Balaban J connectivity index is 1.63. The van der Waals surface area contributed by atoms with Gasteiger partial charge in [-0.05, 0) is 37.1 Å². The fourth-order valence-electron chi connectivity index (χ4n) is 3.74. The van der Waals surface area contributed by atoms with Gasteiger partial charge in [0.25, 0.3) is 0 Å². The van der Waals surface area contributed by atoms with Crippen molar-refractivity contribution < 1.29 is 4.79 Å². The summed E-state index contributed by atoms with van der Waals surface area (Å²) in [5.41, 5.74) is 9.37. The van der Waals surface area contributed by atoms with E-state index in [0.29, 0.717) is 5.56 Å². The third kappa shape index (κ3) is 3.43. The molecule has 0 unspecified atom stereocenters. The van der Waals surface area contributed by atoms with E-state index in [1.807, 2.05) is 42.7 Å². The van der Waals surface area contributed by atoms with Gasteiger partial charge in [-0.15, -0.1) is 0 Å². The van der Waals surface area contributed by atoms with Crippen LogP contribution in [-0.4, -0.2) is 42.1 Å². The molecule has 0 spiro atoms. The maximum absolute atomic E-state index is 12.0. The number of nitrogens with zero attached hydrogens (tertiary/aromatic N) is 4. The summed E-state index contributed by atoms with van der Waals surface area (Å²) in [7, 11) is 0. The van der Waals surface area contributed by atoms with Crippen LogP contribution in [0, 0.1) is 6.92 Å². The zero-order chi connectivity index (χ0) is 18.8. The third-order valence-corrected chi connectivity index (χ3v) is 5.12. The van der Waals surface area contributed by atoms with Crippen LogP contribution in [0.3, 0.4) is 0 Å². The lowest BCUT2D eigenvalue weighted by atomic mass is 10.1. The Bertz CT molecular complexity index is 987. The number of fused-ring (bicyclic) bond motifs is 1. The first-order valence-corrected chi connectivity index (χ1v) is 9.23. The fourth-order valence-corrected chi connectivity index (χ4v) is 3.74. The minimum Gasteiger partial charge on any atom is -0.369 e. The van der Waals surface area contributed by atoms with E-state index in [4.69, 9.17) is 10.7 Å². The van der Waals surface area contributed by atoms with Crippen molar-refractivity contribution in [3.8, 4) is 0 Å². The second-order valence-corrected chi connectivity index (χ2v) is 6.90. The van der Waals surface area contributed by atoms with Gasteiger partial charge in [-0.1, -0.05) is 18.2 Å². The average molecular weight is 361 g/mol. The van der Waals surface area contributed by atoms with Gasteiger partial charge < -0.3 is 15.5 Å². The van der Waals surface area contributed by atoms with Crippen LogP contribution < -0.4 is 15.5 Å². The van der Waals surface area contributed by atoms with Crippen molar-refractivity contribution in [1.29, 1.82) is 0 Å². The van der Waals surface area contributed by atoms with Crippen LogP contribution in [-0.2, 0) is 0 Å². The van der Waals surface area contributed by atoms with Gasteiger partial charge in [-0.25, -0.2) is 4.98 Å². The van der Waals surface area contributed by atoms with Crippen molar-refractivity contribution >= 4 is 28.3 Å². The van der Waals surface area contributed by atoms with Crippen molar-refractivity contribution in [3.63, 3.8) is 0 Å². The van der Waals surface area contributed by atoms with Crippen LogP contribution in [0.2, 0.25) is 0 Å². The number of benzene rings is 1. The fraction of sp³-hybridized carbons (Fsp3) is 0.286. The number of hydrogen-bond acceptors (Lipinski definition) is 5. The molecule has 1 aromatic carbocycles. The SMILES string of the molecule is Cc1cnccc1N1CCCN(c2cc(C(N)=O)c3ccccc3n2)CC1. The zero-order valence-electron chi connectivity index (χ0n) is 15.4. The molecule has 1 amide bonds. The van der Waals surface area contributed by atoms with Gasteiger partial charge >= 0.3 is 0 Å². The summed E-state index contributed by atoms with van der Waals surface area (Å²) in [5, 5.41) is 0.803. The normalized spacial score (nSPS) is 15.0. The topological polar surface area (TPSA) is 75.3 Å². The molecule has 1 aliphatic rings. The molecule has 3 heterocycles. The smallest absolute Gasteiger partial charge is 0.249 e. The summed E-state index contributed by atoms with van der Waals surface area (Å²) < 4.78 is 0. The lowest BCUT2D eigenvalue weighted by Crippen LogP contribution is -2.31. The number of para-hydroxylation sites is 1. The number of amides is 1. The van der Waals surface area contributed by atoms with E-state index in [2.05, 4.69) is 27.8 Å². The van der Waals surface area contributed by atoms with Gasteiger partial charge in [-0.2, -0.15) is 0 Å². The predicted molar refractivity (Wildman–Crippen MR) is 108 cm³/mol. The number of aromatic nitrogens is 2. The lowest BCUT2D eigenvalue weighted by Gasteiger charge is -2.25. The molecule has 0 bridgehead atoms. The quantitative estimate of drug-likeness (QED) is 0.776. The molecule has 1 aliphatic heterocycles. The maximum Gasteiger partial charge on any atom is 0.249 e. The number of primary amides is 1. The molecule has 0 radical (unpaired) electrons.